The van der Waals surface area contributed by atoms with Crippen molar-refractivity contribution in [3.63, 3.8) is 0 Å². The largest absolute Gasteiger partial charge is 0.397 e. The van der Waals surface area contributed by atoms with E-state index in [4.69, 9.17) is 5.73 Å². The molecule has 3 aromatic rings. The van der Waals surface area contributed by atoms with Crippen molar-refractivity contribution in [2.45, 2.75) is 6.42 Å². The Morgan fingerprint density at radius 1 is 1.10 bits per heavy atom. The van der Waals surface area contributed by atoms with Gasteiger partial charge in [-0.3, -0.25) is 14.6 Å². The Morgan fingerprint density at radius 2 is 1.97 bits per heavy atom. The van der Waals surface area contributed by atoms with Gasteiger partial charge in [-0.1, -0.05) is 18.2 Å². The number of halogens is 1. The highest BCUT2D eigenvalue weighted by Crippen LogP contribution is 2.20. The van der Waals surface area contributed by atoms with Gasteiger partial charge in [0.15, 0.2) is 0 Å². The molecule has 7 nitrogen and oxygen atoms in total. The highest BCUT2D eigenvalue weighted by atomic mass is 19.1. The highest BCUT2D eigenvalue weighted by Gasteiger charge is 2.10. The van der Waals surface area contributed by atoms with Crippen molar-refractivity contribution >= 4 is 35.0 Å². The first-order valence-electron chi connectivity index (χ1n) is 8.70. The second-order valence-electron chi connectivity index (χ2n) is 6.06. The lowest BCUT2D eigenvalue weighted by Crippen LogP contribution is -2.15. The number of carbonyl (C=O) groups excluding carboxylic acids is 2. The number of nitrogens with one attached hydrogen (secondary N) is 2. The van der Waals surface area contributed by atoms with Crippen LogP contribution in [0.5, 0.6) is 0 Å². The minimum absolute atomic E-state index is 0.113. The van der Waals surface area contributed by atoms with Crippen molar-refractivity contribution < 1.29 is 14.0 Å². The molecule has 0 saturated heterocycles. The van der Waals surface area contributed by atoms with Crippen LogP contribution in [0.3, 0.4) is 0 Å². The molecule has 2 aromatic heterocycles. The number of benzene rings is 1. The SMILES string of the molecule is Nc1cc(F)ccc1NC(=O)c1ccc(NC(=O)C/C=C/c2cccnc2)cn1. The van der Waals surface area contributed by atoms with E-state index in [2.05, 4.69) is 20.6 Å². The van der Waals surface area contributed by atoms with Gasteiger partial charge in [0.05, 0.1) is 23.3 Å². The summed E-state index contributed by atoms with van der Waals surface area (Å²) in [5.41, 5.74) is 7.56. The summed E-state index contributed by atoms with van der Waals surface area (Å²) >= 11 is 0. The van der Waals surface area contributed by atoms with E-state index in [9.17, 15) is 14.0 Å². The first kappa shape index (κ1) is 19.7. The Bertz CT molecular complexity index is 1040. The molecule has 1 aromatic carbocycles. The zero-order valence-corrected chi connectivity index (χ0v) is 15.3. The van der Waals surface area contributed by atoms with E-state index in [0.29, 0.717) is 5.69 Å². The molecule has 4 N–H and O–H groups in total. The predicted octanol–water partition coefficient (Wildman–Crippen LogP) is 3.49. The van der Waals surface area contributed by atoms with Gasteiger partial charge in [0.2, 0.25) is 5.91 Å². The first-order valence-corrected chi connectivity index (χ1v) is 8.70. The molecule has 0 saturated carbocycles. The van der Waals surface area contributed by atoms with E-state index in [1.165, 1.54) is 24.4 Å². The van der Waals surface area contributed by atoms with Gasteiger partial charge in [-0.25, -0.2) is 9.37 Å². The van der Waals surface area contributed by atoms with E-state index in [0.717, 1.165) is 11.6 Å². The molecular weight excluding hydrogens is 373 g/mol. The Balaban J connectivity index is 1.54. The van der Waals surface area contributed by atoms with Crippen molar-refractivity contribution in [2.24, 2.45) is 0 Å². The van der Waals surface area contributed by atoms with Crippen molar-refractivity contribution in [1.29, 1.82) is 0 Å². The van der Waals surface area contributed by atoms with Crippen LogP contribution in [0.1, 0.15) is 22.5 Å². The summed E-state index contributed by atoms with van der Waals surface area (Å²) < 4.78 is 13.1. The van der Waals surface area contributed by atoms with Crippen molar-refractivity contribution in [3.05, 3.63) is 84.2 Å². The summed E-state index contributed by atoms with van der Waals surface area (Å²) in [6.07, 6.45) is 8.47. The molecule has 2 amide bonds. The molecule has 3 rings (SSSR count). The Labute approximate surface area is 166 Å². The summed E-state index contributed by atoms with van der Waals surface area (Å²) in [6, 6.07) is 10.4. The van der Waals surface area contributed by atoms with Crippen LogP contribution in [0, 0.1) is 5.82 Å². The number of aromatic nitrogens is 2. The van der Waals surface area contributed by atoms with E-state index < -0.39 is 11.7 Å². The lowest BCUT2D eigenvalue weighted by Gasteiger charge is -2.08. The molecule has 146 valence electrons. The zero-order chi connectivity index (χ0) is 20.6. The molecular formula is C21H18FN5O2. The lowest BCUT2D eigenvalue weighted by atomic mass is 10.2. The summed E-state index contributed by atoms with van der Waals surface area (Å²) in [6.45, 7) is 0. The molecule has 0 bridgehead atoms. The van der Waals surface area contributed by atoms with Crippen molar-refractivity contribution in [2.75, 3.05) is 16.4 Å². The van der Waals surface area contributed by atoms with Gasteiger partial charge in [-0.05, 0) is 42.0 Å². The molecule has 0 radical (unpaired) electrons. The van der Waals surface area contributed by atoms with Crippen LogP contribution >= 0.6 is 0 Å². The zero-order valence-electron chi connectivity index (χ0n) is 15.3. The van der Waals surface area contributed by atoms with Crippen LogP contribution < -0.4 is 16.4 Å². The topological polar surface area (TPSA) is 110 Å². The maximum Gasteiger partial charge on any atom is 0.274 e. The molecule has 0 aliphatic rings. The minimum atomic E-state index is -0.499. The molecule has 0 atom stereocenters. The van der Waals surface area contributed by atoms with Crippen LogP contribution in [-0.4, -0.2) is 21.8 Å². The van der Waals surface area contributed by atoms with Crippen molar-refractivity contribution in [3.8, 4) is 0 Å². The summed E-state index contributed by atoms with van der Waals surface area (Å²) in [7, 11) is 0. The fraction of sp³-hybridized carbons (Fsp3) is 0.0476. The second kappa shape index (κ2) is 9.23. The van der Waals surface area contributed by atoms with Crippen LogP contribution in [0.25, 0.3) is 6.08 Å². The average molecular weight is 391 g/mol. The molecule has 2 heterocycles. The number of rotatable bonds is 6. The van der Waals surface area contributed by atoms with Crippen LogP contribution in [0.4, 0.5) is 21.5 Å². The maximum absolute atomic E-state index is 13.1. The standard InChI is InChI=1S/C21H18FN5O2/c22-15-6-8-18(17(23)11-15)27-21(29)19-9-7-16(13-25-19)26-20(28)5-1-3-14-4-2-10-24-12-14/h1-4,6-13H,5,23H2,(H,26,28)(H,27,29)/b3-1+. The second-order valence-corrected chi connectivity index (χ2v) is 6.06. The fourth-order valence-corrected chi connectivity index (χ4v) is 2.42. The maximum atomic E-state index is 13.1. The fourth-order valence-electron chi connectivity index (χ4n) is 2.42. The van der Waals surface area contributed by atoms with Gasteiger partial charge in [0.1, 0.15) is 11.5 Å². The van der Waals surface area contributed by atoms with Gasteiger partial charge in [0, 0.05) is 18.8 Å². The summed E-state index contributed by atoms with van der Waals surface area (Å²) in [4.78, 5) is 32.3. The third-order valence-electron chi connectivity index (χ3n) is 3.84. The number of nitrogens with zero attached hydrogens (tertiary/aromatic N) is 2. The predicted molar refractivity (Wildman–Crippen MR) is 110 cm³/mol. The number of hydrogen-bond donors (Lipinski definition) is 3. The highest BCUT2D eigenvalue weighted by molar-refractivity contribution is 6.04. The van der Waals surface area contributed by atoms with E-state index in [1.54, 1.807) is 30.6 Å². The quantitative estimate of drug-likeness (QED) is 0.557. The van der Waals surface area contributed by atoms with Gasteiger partial charge >= 0.3 is 0 Å². The average Bonchev–Trinajstić information content (AvgIpc) is 2.71. The number of pyridine rings is 2. The van der Waals surface area contributed by atoms with E-state index in [-0.39, 0.29) is 29.4 Å². The number of anilines is 3. The van der Waals surface area contributed by atoms with Gasteiger partial charge < -0.3 is 16.4 Å². The van der Waals surface area contributed by atoms with Gasteiger partial charge in [0.25, 0.3) is 5.91 Å². The molecule has 8 heteroatoms. The number of nitrogens with two attached hydrogens (primary N) is 1. The van der Waals surface area contributed by atoms with Crippen molar-refractivity contribution in [1.82, 2.24) is 9.97 Å². The smallest absolute Gasteiger partial charge is 0.274 e. The molecule has 0 aliphatic carbocycles. The van der Waals surface area contributed by atoms with Crippen LogP contribution in [-0.2, 0) is 4.79 Å². The van der Waals surface area contributed by atoms with Gasteiger partial charge in [-0.15, -0.1) is 0 Å². The molecule has 0 spiro atoms. The van der Waals surface area contributed by atoms with Crippen LogP contribution in [0.2, 0.25) is 0 Å². The third kappa shape index (κ3) is 5.70. The van der Waals surface area contributed by atoms with E-state index >= 15 is 0 Å². The summed E-state index contributed by atoms with van der Waals surface area (Å²) in [5.74, 6) is -1.21. The normalized spacial score (nSPS) is 10.7. The molecule has 0 unspecified atom stereocenters. The number of nitrogen functional groups attached to an aromatic ring is 1. The lowest BCUT2D eigenvalue weighted by molar-refractivity contribution is -0.115. The third-order valence-corrected chi connectivity index (χ3v) is 3.84. The van der Waals surface area contributed by atoms with Crippen LogP contribution in [0.15, 0.2) is 67.1 Å². The molecule has 29 heavy (non-hydrogen) atoms. The number of hydrogen-bond acceptors (Lipinski definition) is 5. The Hall–Kier alpha value is -4.07. The number of amides is 2. The van der Waals surface area contributed by atoms with E-state index in [1.807, 2.05) is 12.1 Å². The first-order chi connectivity index (χ1) is 14.0. The Morgan fingerprint density at radius 3 is 2.66 bits per heavy atom. The minimum Gasteiger partial charge on any atom is -0.397 e. The molecule has 0 aliphatic heterocycles. The molecule has 0 fully saturated rings. The van der Waals surface area contributed by atoms with Gasteiger partial charge in [-0.2, -0.15) is 0 Å². The Kier molecular flexibility index (Phi) is 6.26. The number of carbonyl (C=O) groups is 2. The monoisotopic (exact) mass is 391 g/mol. The summed E-state index contributed by atoms with van der Waals surface area (Å²) in [5, 5.41) is 5.26.